The number of methoxy groups -OCH3 is 1. The van der Waals surface area contributed by atoms with Crippen LogP contribution < -0.4 is 19.7 Å². The van der Waals surface area contributed by atoms with Crippen LogP contribution in [0.2, 0.25) is 0 Å². The Labute approximate surface area is 159 Å². The van der Waals surface area contributed by atoms with Gasteiger partial charge in [0.2, 0.25) is 11.8 Å². The van der Waals surface area contributed by atoms with Gasteiger partial charge in [0.1, 0.15) is 11.5 Å². The van der Waals surface area contributed by atoms with E-state index in [2.05, 4.69) is 5.32 Å². The van der Waals surface area contributed by atoms with E-state index in [4.69, 9.17) is 9.47 Å². The van der Waals surface area contributed by atoms with Crippen LogP contribution in [0.15, 0.2) is 48.5 Å². The summed E-state index contributed by atoms with van der Waals surface area (Å²) in [6, 6.07) is 14.6. The Morgan fingerprint density at radius 2 is 1.93 bits per heavy atom. The lowest BCUT2D eigenvalue weighted by molar-refractivity contribution is -0.122. The van der Waals surface area contributed by atoms with E-state index in [1.165, 1.54) is 0 Å². The van der Waals surface area contributed by atoms with E-state index < -0.39 is 5.92 Å². The number of para-hydroxylation sites is 2. The van der Waals surface area contributed by atoms with Crippen molar-refractivity contribution in [3.05, 3.63) is 48.5 Å². The van der Waals surface area contributed by atoms with Gasteiger partial charge in [0.05, 0.1) is 25.3 Å². The van der Waals surface area contributed by atoms with Crippen molar-refractivity contribution < 1.29 is 19.1 Å². The first-order valence-electron chi connectivity index (χ1n) is 9.09. The first-order valence-corrected chi connectivity index (χ1v) is 9.09. The van der Waals surface area contributed by atoms with Gasteiger partial charge in [-0.3, -0.25) is 9.59 Å². The third-order valence-electron chi connectivity index (χ3n) is 4.48. The fourth-order valence-electron chi connectivity index (χ4n) is 3.06. The molecule has 0 saturated carbocycles. The molecule has 2 amide bonds. The molecule has 2 aromatic carbocycles. The fraction of sp³-hybridized carbons (Fsp3) is 0.333. The number of amides is 2. The predicted molar refractivity (Wildman–Crippen MR) is 104 cm³/mol. The Bertz CT molecular complexity index is 804. The smallest absolute Gasteiger partial charge is 0.229 e. The minimum Gasteiger partial charge on any atom is -0.495 e. The summed E-state index contributed by atoms with van der Waals surface area (Å²) in [5.41, 5.74) is 1.38. The van der Waals surface area contributed by atoms with Crippen molar-refractivity contribution in [1.29, 1.82) is 0 Å². The van der Waals surface area contributed by atoms with Gasteiger partial charge in [0.15, 0.2) is 0 Å². The Kier molecular flexibility index (Phi) is 5.96. The lowest BCUT2D eigenvalue weighted by atomic mass is 10.1. The maximum Gasteiger partial charge on any atom is 0.229 e. The molecule has 1 aliphatic rings. The maximum absolute atomic E-state index is 12.6. The van der Waals surface area contributed by atoms with E-state index in [1.807, 2.05) is 43.3 Å². The summed E-state index contributed by atoms with van der Waals surface area (Å²) >= 11 is 0. The van der Waals surface area contributed by atoms with Crippen LogP contribution >= 0.6 is 0 Å². The molecule has 1 heterocycles. The minimum atomic E-state index is -0.404. The van der Waals surface area contributed by atoms with Gasteiger partial charge in [0.25, 0.3) is 0 Å². The highest BCUT2D eigenvalue weighted by atomic mass is 16.5. The van der Waals surface area contributed by atoms with E-state index >= 15 is 0 Å². The average Bonchev–Trinajstić information content (AvgIpc) is 3.09. The highest BCUT2D eigenvalue weighted by Gasteiger charge is 2.35. The summed E-state index contributed by atoms with van der Waals surface area (Å²) in [6.07, 6.45) is 1.13. The molecular weight excluding hydrogens is 344 g/mol. The highest BCUT2D eigenvalue weighted by molar-refractivity contribution is 6.03. The molecule has 0 aliphatic carbocycles. The first-order chi connectivity index (χ1) is 13.1. The first kappa shape index (κ1) is 18.8. The second-order valence-corrected chi connectivity index (χ2v) is 6.44. The van der Waals surface area contributed by atoms with Gasteiger partial charge in [-0.05, 0) is 42.8 Å². The van der Waals surface area contributed by atoms with Crippen molar-refractivity contribution in [1.82, 2.24) is 0 Å². The zero-order valence-corrected chi connectivity index (χ0v) is 15.6. The zero-order chi connectivity index (χ0) is 19.2. The number of nitrogens with one attached hydrogen (secondary N) is 1. The summed E-state index contributed by atoms with van der Waals surface area (Å²) in [4.78, 5) is 26.7. The Morgan fingerprint density at radius 3 is 2.63 bits per heavy atom. The zero-order valence-electron chi connectivity index (χ0n) is 15.6. The molecule has 3 rings (SSSR count). The number of carbonyl (C=O) groups excluding carboxylic acids is 2. The van der Waals surface area contributed by atoms with Gasteiger partial charge in [-0.15, -0.1) is 0 Å². The highest BCUT2D eigenvalue weighted by Crippen LogP contribution is 2.29. The SMILES string of the molecule is CCCOc1ccc(N2C[C@H](C(=O)Nc3ccccc3OC)CC2=O)cc1. The summed E-state index contributed by atoms with van der Waals surface area (Å²) in [6.45, 7) is 3.07. The third-order valence-corrected chi connectivity index (χ3v) is 4.48. The second kappa shape index (κ2) is 8.58. The third kappa shape index (κ3) is 4.39. The van der Waals surface area contributed by atoms with E-state index in [-0.39, 0.29) is 18.2 Å². The van der Waals surface area contributed by atoms with Crippen molar-refractivity contribution in [2.75, 3.05) is 30.5 Å². The fourth-order valence-corrected chi connectivity index (χ4v) is 3.06. The number of rotatable bonds is 7. The molecule has 0 bridgehead atoms. The molecule has 1 aliphatic heterocycles. The largest absolute Gasteiger partial charge is 0.495 e. The summed E-state index contributed by atoms with van der Waals surface area (Å²) < 4.78 is 10.8. The molecule has 2 aromatic rings. The van der Waals surface area contributed by atoms with Crippen LogP contribution in [0.1, 0.15) is 19.8 Å². The lowest BCUT2D eigenvalue weighted by Crippen LogP contribution is -2.28. The van der Waals surface area contributed by atoms with Crippen LogP contribution in [-0.2, 0) is 9.59 Å². The molecule has 6 nitrogen and oxygen atoms in total. The molecule has 0 radical (unpaired) electrons. The number of hydrogen-bond acceptors (Lipinski definition) is 4. The van der Waals surface area contributed by atoms with E-state index in [0.29, 0.717) is 24.6 Å². The minimum absolute atomic E-state index is 0.0580. The van der Waals surface area contributed by atoms with Crippen LogP contribution in [0.3, 0.4) is 0 Å². The molecule has 27 heavy (non-hydrogen) atoms. The number of benzene rings is 2. The standard InChI is InChI=1S/C21H24N2O4/c1-3-12-27-17-10-8-16(9-11-17)23-14-15(13-20(23)24)21(25)22-18-6-4-5-7-19(18)26-2/h4-11,15H,3,12-14H2,1-2H3,(H,22,25)/t15-/m1/s1. The van der Waals surface area contributed by atoms with E-state index in [1.54, 1.807) is 24.1 Å². The Balaban J connectivity index is 1.65. The summed E-state index contributed by atoms with van der Waals surface area (Å²) in [7, 11) is 1.56. The molecule has 1 N–H and O–H groups in total. The number of hydrogen-bond donors (Lipinski definition) is 1. The lowest BCUT2D eigenvalue weighted by Gasteiger charge is -2.17. The molecule has 1 fully saturated rings. The van der Waals surface area contributed by atoms with E-state index in [0.717, 1.165) is 17.9 Å². The van der Waals surface area contributed by atoms with Crippen LogP contribution in [0.5, 0.6) is 11.5 Å². The summed E-state index contributed by atoms with van der Waals surface area (Å²) in [5, 5.41) is 2.87. The molecule has 0 unspecified atom stereocenters. The van der Waals surface area contributed by atoms with Gasteiger partial charge in [-0.1, -0.05) is 19.1 Å². The Hall–Kier alpha value is -3.02. The van der Waals surface area contributed by atoms with Gasteiger partial charge in [-0.2, -0.15) is 0 Å². The molecular formula is C21H24N2O4. The van der Waals surface area contributed by atoms with Crippen molar-refractivity contribution in [3.8, 4) is 11.5 Å². The molecule has 1 atom stereocenters. The topological polar surface area (TPSA) is 67.9 Å². The van der Waals surface area contributed by atoms with Crippen molar-refractivity contribution in [2.45, 2.75) is 19.8 Å². The number of ether oxygens (including phenoxy) is 2. The van der Waals surface area contributed by atoms with Crippen LogP contribution in [0, 0.1) is 5.92 Å². The predicted octanol–water partition coefficient (Wildman–Crippen LogP) is 3.48. The molecule has 0 spiro atoms. The van der Waals surface area contributed by atoms with Gasteiger partial charge < -0.3 is 19.7 Å². The van der Waals surface area contributed by atoms with Crippen molar-refractivity contribution in [3.63, 3.8) is 0 Å². The van der Waals surface area contributed by atoms with Crippen molar-refractivity contribution in [2.24, 2.45) is 5.92 Å². The quantitative estimate of drug-likeness (QED) is 0.812. The molecule has 6 heteroatoms. The van der Waals surface area contributed by atoms with Gasteiger partial charge in [0, 0.05) is 18.7 Å². The molecule has 0 aromatic heterocycles. The van der Waals surface area contributed by atoms with Gasteiger partial charge >= 0.3 is 0 Å². The normalized spacial score (nSPS) is 16.3. The number of anilines is 2. The monoisotopic (exact) mass is 368 g/mol. The molecule has 1 saturated heterocycles. The van der Waals surface area contributed by atoms with Crippen LogP contribution in [0.25, 0.3) is 0 Å². The summed E-state index contributed by atoms with van der Waals surface area (Å²) in [5.74, 6) is 0.724. The number of nitrogens with zero attached hydrogens (tertiary/aromatic N) is 1. The van der Waals surface area contributed by atoms with Gasteiger partial charge in [-0.25, -0.2) is 0 Å². The second-order valence-electron chi connectivity index (χ2n) is 6.44. The van der Waals surface area contributed by atoms with Crippen molar-refractivity contribution >= 4 is 23.2 Å². The number of carbonyl (C=O) groups is 2. The average molecular weight is 368 g/mol. The van der Waals surface area contributed by atoms with Crippen LogP contribution in [0.4, 0.5) is 11.4 Å². The molecule has 142 valence electrons. The Morgan fingerprint density at radius 1 is 1.19 bits per heavy atom. The van der Waals surface area contributed by atoms with Crippen LogP contribution in [-0.4, -0.2) is 32.1 Å². The maximum atomic E-state index is 12.6. The van der Waals surface area contributed by atoms with E-state index in [9.17, 15) is 9.59 Å².